The van der Waals surface area contributed by atoms with E-state index in [-0.39, 0.29) is 11.7 Å². The first-order valence-electron chi connectivity index (χ1n) is 5.88. The van der Waals surface area contributed by atoms with Gasteiger partial charge in [0, 0.05) is 15.2 Å². The van der Waals surface area contributed by atoms with Crippen LogP contribution in [0.2, 0.25) is 0 Å². The molecule has 1 unspecified atom stereocenters. The molecule has 1 aromatic rings. The largest absolute Gasteiger partial charge is 0.491 e. The van der Waals surface area contributed by atoms with Gasteiger partial charge >= 0.3 is 0 Å². The van der Waals surface area contributed by atoms with Gasteiger partial charge in [0.05, 0.1) is 21.3 Å². The van der Waals surface area contributed by atoms with E-state index in [1.54, 1.807) is 0 Å². The Morgan fingerprint density at radius 1 is 1.20 bits per heavy atom. The van der Waals surface area contributed by atoms with Gasteiger partial charge in [-0.2, -0.15) is 0 Å². The summed E-state index contributed by atoms with van der Waals surface area (Å²) in [6.45, 7) is 2.50. The van der Waals surface area contributed by atoms with E-state index in [1.165, 1.54) is 0 Å². The summed E-state index contributed by atoms with van der Waals surface area (Å²) in [6, 6.07) is 3.81. The average molecular weight is 513 g/mol. The lowest BCUT2D eigenvalue weighted by Crippen LogP contribution is -2.08. The van der Waals surface area contributed by atoms with Gasteiger partial charge in [-0.05, 0) is 62.8 Å². The normalized spacial score (nSPS) is 13.2. The molecule has 1 aromatic carbocycles. The van der Waals surface area contributed by atoms with Gasteiger partial charge in [0.15, 0.2) is 0 Å². The molecule has 0 fully saturated rings. The lowest BCUT2D eigenvalue weighted by Gasteiger charge is -2.14. The molecule has 0 heterocycles. The van der Waals surface area contributed by atoms with Crippen molar-refractivity contribution in [1.82, 2.24) is 0 Å². The molecule has 114 valence electrons. The smallest absolute Gasteiger partial charge is 0.232 e. The maximum absolute atomic E-state index is 10.9. The van der Waals surface area contributed by atoms with Crippen molar-refractivity contribution in [2.75, 3.05) is 12.4 Å². The Balaban J connectivity index is 2.45. The number of halogens is 4. The van der Waals surface area contributed by atoms with Crippen molar-refractivity contribution in [2.24, 2.45) is 5.92 Å². The van der Waals surface area contributed by atoms with Crippen LogP contribution in [0.15, 0.2) is 25.6 Å². The van der Waals surface area contributed by atoms with Crippen LogP contribution in [-0.2, 0) is 9.05 Å². The Morgan fingerprint density at radius 3 is 2.25 bits per heavy atom. The minimum atomic E-state index is -3.40. The van der Waals surface area contributed by atoms with E-state index in [4.69, 9.17) is 15.4 Å². The molecule has 3 nitrogen and oxygen atoms in total. The van der Waals surface area contributed by atoms with Crippen molar-refractivity contribution in [1.29, 1.82) is 0 Å². The molecule has 0 amide bonds. The second-order valence-electron chi connectivity index (χ2n) is 4.47. The van der Waals surface area contributed by atoms with Gasteiger partial charge in [-0.3, -0.25) is 0 Å². The van der Waals surface area contributed by atoms with E-state index in [2.05, 4.69) is 47.8 Å². The first-order chi connectivity index (χ1) is 9.19. The van der Waals surface area contributed by atoms with Crippen LogP contribution in [0.3, 0.4) is 0 Å². The zero-order chi connectivity index (χ0) is 15.3. The molecule has 0 bridgehead atoms. The summed E-state index contributed by atoms with van der Waals surface area (Å²) in [5.74, 6) is 0.975. The highest BCUT2D eigenvalue weighted by Gasteiger charge is 2.12. The molecule has 0 radical (unpaired) electrons. The van der Waals surface area contributed by atoms with Crippen molar-refractivity contribution in [2.45, 2.75) is 19.8 Å². The predicted octanol–water partition coefficient (Wildman–Crippen LogP) is 5.34. The van der Waals surface area contributed by atoms with Crippen molar-refractivity contribution in [3.8, 4) is 5.75 Å². The van der Waals surface area contributed by atoms with Crippen LogP contribution in [0.4, 0.5) is 0 Å². The maximum Gasteiger partial charge on any atom is 0.232 e. The fourth-order valence-electron chi connectivity index (χ4n) is 1.52. The monoisotopic (exact) mass is 510 g/mol. The Morgan fingerprint density at radius 2 is 1.75 bits per heavy atom. The molecule has 8 heteroatoms. The lowest BCUT2D eigenvalue weighted by atomic mass is 10.1. The predicted molar refractivity (Wildman–Crippen MR) is 93.1 cm³/mol. The van der Waals surface area contributed by atoms with Crippen LogP contribution in [-0.4, -0.2) is 20.8 Å². The third-order valence-electron chi connectivity index (χ3n) is 2.67. The maximum atomic E-state index is 10.9. The zero-order valence-corrected chi connectivity index (χ0v) is 17.0. The third-order valence-corrected chi connectivity index (χ3v) is 5.50. The molecule has 0 spiro atoms. The fraction of sp³-hybridized carbons (Fsp3) is 0.500. The first kappa shape index (κ1) is 18.7. The minimum Gasteiger partial charge on any atom is -0.491 e. The summed E-state index contributed by atoms with van der Waals surface area (Å²) >= 11 is 10.3. The van der Waals surface area contributed by atoms with Gasteiger partial charge in [0.1, 0.15) is 5.75 Å². The van der Waals surface area contributed by atoms with Crippen LogP contribution in [0, 0.1) is 5.92 Å². The Labute approximate surface area is 149 Å². The molecule has 0 aliphatic heterocycles. The topological polar surface area (TPSA) is 43.4 Å². The van der Waals surface area contributed by atoms with Gasteiger partial charge in [-0.25, -0.2) is 8.42 Å². The minimum absolute atomic E-state index is 0.00138. The van der Waals surface area contributed by atoms with Crippen LogP contribution < -0.4 is 4.74 Å². The van der Waals surface area contributed by atoms with Crippen LogP contribution in [0.5, 0.6) is 5.75 Å². The highest BCUT2D eigenvalue weighted by molar-refractivity contribution is 9.11. The van der Waals surface area contributed by atoms with Gasteiger partial charge in [-0.1, -0.05) is 22.9 Å². The second kappa shape index (κ2) is 8.36. The standard InChI is InChI=1S/C12H14Br3ClO3S/c1-8(3-5-20(16,17)18)2-4-19-12-10(14)6-9(13)7-11(12)15/h6-8H,2-5H2,1H3. The van der Waals surface area contributed by atoms with Crippen molar-refractivity contribution in [3.05, 3.63) is 25.6 Å². The van der Waals surface area contributed by atoms with E-state index in [1.807, 2.05) is 19.1 Å². The molecule has 20 heavy (non-hydrogen) atoms. The highest BCUT2D eigenvalue weighted by atomic mass is 79.9. The lowest BCUT2D eigenvalue weighted by molar-refractivity contribution is 0.279. The van der Waals surface area contributed by atoms with Crippen LogP contribution in [0.1, 0.15) is 19.8 Å². The highest BCUT2D eigenvalue weighted by Crippen LogP contribution is 2.36. The molecule has 1 atom stereocenters. The summed E-state index contributed by atoms with van der Waals surface area (Å²) in [5.41, 5.74) is 0. The third kappa shape index (κ3) is 7.11. The van der Waals surface area contributed by atoms with Gasteiger partial charge in [-0.15, -0.1) is 0 Å². The van der Waals surface area contributed by atoms with Gasteiger partial charge < -0.3 is 4.74 Å². The average Bonchev–Trinajstić information content (AvgIpc) is 2.29. The number of hydrogen-bond acceptors (Lipinski definition) is 3. The summed E-state index contributed by atoms with van der Waals surface area (Å²) < 4.78 is 30.1. The number of benzene rings is 1. The van der Waals surface area contributed by atoms with Crippen molar-refractivity contribution >= 4 is 67.5 Å². The summed E-state index contributed by atoms with van der Waals surface area (Å²) in [7, 11) is 1.78. The molecule has 1 rings (SSSR count). The van der Waals surface area contributed by atoms with Gasteiger partial charge in [0.25, 0.3) is 0 Å². The van der Waals surface area contributed by atoms with Gasteiger partial charge in [0.2, 0.25) is 9.05 Å². The molecular formula is C12H14Br3ClO3S. The Hall–Kier alpha value is 0.700. The molecule has 0 saturated carbocycles. The van der Waals surface area contributed by atoms with Crippen LogP contribution in [0.25, 0.3) is 0 Å². The first-order valence-corrected chi connectivity index (χ1v) is 10.7. The zero-order valence-electron chi connectivity index (χ0n) is 10.7. The van der Waals surface area contributed by atoms with E-state index in [0.29, 0.717) is 13.0 Å². The number of rotatable bonds is 7. The summed E-state index contributed by atoms with van der Waals surface area (Å²) in [5, 5.41) is 0. The fourth-order valence-corrected chi connectivity index (χ4v) is 4.95. The Bertz CT molecular complexity index is 540. The van der Waals surface area contributed by atoms with E-state index >= 15 is 0 Å². The quantitative estimate of drug-likeness (QED) is 0.463. The number of ether oxygens (including phenoxy) is 1. The molecule has 0 aliphatic carbocycles. The molecule has 0 saturated heterocycles. The molecule has 0 N–H and O–H groups in total. The summed E-state index contributed by atoms with van der Waals surface area (Å²) in [6.07, 6.45) is 1.30. The van der Waals surface area contributed by atoms with E-state index in [9.17, 15) is 8.42 Å². The van der Waals surface area contributed by atoms with Crippen LogP contribution >= 0.6 is 58.5 Å². The molecule has 0 aliphatic rings. The van der Waals surface area contributed by atoms with E-state index in [0.717, 1.165) is 25.6 Å². The Kier molecular flexibility index (Phi) is 7.84. The SMILES string of the molecule is CC(CCOc1c(Br)cc(Br)cc1Br)CCS(=O)(=O)Cl. The van der Waals surface area contributed by atoms with E-state index < -0.39 is 9.05 Å². The molecule has 0 aromatic heterocycles. The number of hydrogen-bond donors (Lipinski definition) is 0. The summed E-state index contributed by atoms with van der Waals surface area (Å²) in [4.78, 5) is 0. The van der Waals surface area contributed by atoms with Crippen molar-refractivity contribution in [3.63, 3.8) is 0 Å². The van der Waals surface area contributed by atoms with Crippen molar-refractivity contribution < 1.29 is 13.2 Å². The molecular weight excluding hydrogens is 499 g/mol. The second-order valence-corrected chi connectivity index (χ2v) is 9.99.